The number of amides is 1. The fourth-order valence-electron chi connectivity index (χ4n) is 2.55. The number of hydrogen-bond acceptors (Lipinski definition) is 3. The molecule has 1 aromatic carbocycles. The van der Waals surface area contributed by atoms with Gasteiger partial charge in [0.2, 0.25) is 5.91 Å². The van der Waals surface area contributed by atoms with Crippen molar-refractivity contribution in [1.82, 2.24) is 5.32 Å². The van der Waals surface area contributed by atoms with Gasteiger partial charge in [0.15, 0.2) is 11.5 Å². The molecule has 1 amide bonds. The van der Waals surface area contributed by atoms with Crippen LogP contribution in [-0.2, 0) is 4.79 Å². The highest BCUT2D eigenvalue weighted by atomic mass is 16.5. The van der Waals surface area contributed by atoms with Crippen molar-refractivity contribution in [1.29, 1.82) is 0 Å². The summed E-state index contributed by atoms with van der Waals surface area (Å²) >= 11 is 0. The van der Waals surface area contributed by atoms with E-state index in [2.05, 4.69) is 5.32 Å². The summed E-state index contributed by atoms with van der Waals surface area (Å²) in [5.41, 5.74) is 1.15. The fraction of sp³-hybridized carbons (Fsp3) is 0.533. The SMILES string of the molecule is COc1ccc(C2CNC(=O)C2)cc1OC1CCC1. The van der Waals surface area contributed by atoms with Crippen molar-refractivity contribution >= 4 is 5.91 Å². The third kappa shape index (κ3) is 2.53. The Balaban J connectivity index is 1.81. The first-order chi connectivity index (χ1) is 9.26. The summed E-state index contributed by atoms with van der Waals surface area (Å²) < 4.78 is 11.3. The van der Waals surface area contributed by atoms with Gasteiger partial charge in [-0.2, -0.15) is 0 Å². The number of hydrogen-bond donors (Lipinski definition) is 1. The van der Waals surface area contributed by atoms with Gasteiger partial charge in [-0.25, -0.2) is 0 Å². The first-order valence-electron chi connectivity index (χ1n) is 6.87. The van der Waals surface area contributed by atoms with E-state index < -0.39 is 0 Å². The normalized spacial score (nSPS) is 22.8. The van der Waals surface area contributed by atoms with Crippen LogP contribution in [0.25, 0.3) is 0 Å². The molecule has 0 radical (unpaired) electrons. The molecule has 1 heterocycles. The molecular weight excluding hydrogens is 242 g/mol. The van der Waals surface area contributed by atoms with Gasteiger partial charge >= 0.3 is 0 Å². The molecule has 0 spiro atoms. The summed E-state index contributed by atoms with van der Waals surface area (Å²) in [5.74, 6) is 1.96. The van der Waals surface area contributed by atoms with Gasteiger partial charge in [0.05, 0.1) is 13.2 Å². The van der Waals surface area contributed by atoms with Crippen molar-refractivity contribution in [3.8, 4) is 11.5 Å². The van der Waals surface area contributed by atoms with Crippen LogP contribution in [0.3, 0.4) is 0 Å². The largest absolute Gasteiger partial charge is 0.493 e. The second-order valence-corrected chi connectivity index (χ2v) is 5.29. The molecule has 0 aromatic heterocycles. The molecule has 1 N–H and O–H groups in total. The highest BCUT2D eigenvalue weighted by Gasteiger charge is 2.25. The number of methoxy groups -OCH3 is 1. The van der Waals surface area contributed by atoms with Crippen LogP contribution in [0.1, 0.15) is 37.2 Å². The van der Waals surface area contributed by atoms with Crippen LogP contribution < -0.4 is 14.8 Å². The molecule has 19 heavy (non-hydrogen) atoms. The first-order valence-corrected chi connectivity index (χ1v) is 6.87. The molecule has 1 atom stereocenters. The first kappa shape index (κ1) is 12.3. The highest BCUT2D eigenvalue weighted by Crippen LogP contribution is 2.36. The van der Waals surface area contributed by atoms with Crippen LogP contribution >= 0.6 is 0 Å². The lowest BCUT2D eigenvalue weighted by Gasteiger charge is -2.27. The van der Waals surface area contributed by atoms with Crippen molar-refractivity contribution in [2.45, 2.75) is 37.7 Å². The van der Waals surface area contributed by atoms with Crippen LogP contribution in [0.15, 0.2) is 18.2 Å². The predicted octanol–water partition coefficient (Wildman–Crippen LogP) is 2.23. The topological polar surface area (TPSA) is 47.6 Å². The molecule has 102 valence electrons. The zero-order valence-corrected chi connectivity index (χ0v) is 11.1. The Morgan fingerprint density at radius 2 is 2.11 bits per heavy atom. The summed E-state index contributed by atoms with van der Waals surface area (Å²) in [6, 6.07) is 5.99. The Kier molecular flexibility index (Phi) is 3.32. The molecule has 4 nitrogen and oxygen atoms in total. The summed E-state index contributed by atoms with van der Waals surface area (Å²) in [4.78, 5) is 11.3. The minimum Gasteiger partial charge on any atom is -0.493 e. The van der Waals surface area contributed by atoms with Crippen LogP contribution in [0, 0.1) is 0 Å². The minimum atomic E-state index is 0.127. The molecule has 2 aliphatic rings. The number of nitrogens with one attached hydrogen (secondary N) is 1. The maximum atomic E-state index is 11.3. The van der Waals surface area contributed by atoms with E-state index >= 15 is 0 Å². The molecule has 1 saturated heterocycles. The fourth-order valence-corrected chi connectivity index (χ4v) is 2.55. The Bertz CT molecular complexity index is 482. The van der Waals surface area contributed by atoms with Crippen molar-refractivity contribution in [3.05, 3.63) is 23.8 Å². The van der Waals surface area contributed by atoms with Gasteiger partial charge in [-0.1, -0.05) is 6.07 Å². The van der Waals surface area contributed by atoms with Crippen LogP contribution in [-0.4, -0.2) is 25.7 Å². The van der Waals surface area contributed by atoms with Gasteiger partial charge in [0, 0.05) is 18.9 Å². The third-order valence-electron chi connectivity index (χ3n) is 3.98. The molecule has 1 unspecified atom stereocenters. The average molecular weight is 261 g/mol. The number of carbonyl (C=O) groups excluding carboxylic acids is 1. The van der Waals surface area contributed by atoms with Gasteiger partial charge in [-0.15, -0.1) is 0 Å². The number of ether oxygens (including phenoxy) is 2. The summed E-state index contributed by atoms with van der Waals surface area (Å²) in [6.07, 6.45) is 4.38. The van der Waals surface area contributed by atoms with E-state index in [1.54, 1.807) is 7.11 Å². The summed E-state index contributed by atoms with van der Waals surface area (Å²) in [5, 5.41) is 2.87. The zero-order chi connectivity index (χ0) is 13.2. The van der Waals surface area contributed by atoms with Crippen LogP contribution in [0.5, 0.6) is 11.5 Å². The summed E-state index contributed by atoms with van der Waals surface area (Å²) in [7, 11) is 1.66. The highest BCUT2D eigenvalue weighted by molar-refractivity contribution is 5.79. The van der Waals surface area contributed by atoms with Gasteiger partial charge < -0.3 is 14.8 Å². The third-order valence-corrected chi connectivity index (χ3v) is 3.98. The van der Waals surface area contributed by atoms with E-state index in [4.69, 9.17) is 9.47 Å². The molecule has 2 fully saturated rings. The van der Waals surface area contributed by atoms with Crippen molar-refractivity contribution in [2.75, 3.05) is 13.7 Å². The van der Waals surface area contributed by atoms with Gasteiger partial charge in [0.25, 0.3) is 0 Å². The van der Waals surface area contributed by atoms with E-state index in [0.29, 0.717) is 19.1 Å². The van der Waals surface area contributed by atoms with Crippen LogP contribution in [0.4, 0.5) is 0 Å². The molecular formula is C15H19NO3. The average Bonchev–Trinajstić information content (AvgIpc) is 2.80. The van der Waals surface area contributed by atoms with Crippen molar-refractivity contribution < 1.29 is 14.3 Å². The molecule has 1 aliphatic heterocycles. The number of rotatable bonds is 4. The molecule has 3 rings (SSSR count). The minimum absolute atomic E-state index is 0.127. The Morgan fingerprint density at radius 1 is 1.26 bits per heavy atom. The smallest absolute Gasteiger partial charge is 0.220 e. The van der Waals surface area contributed by atoms with Gasteiger partial charge in [-0.3, -0.25) is 4.79 Å². The second kappa shape index (κ2) is 5.11. The monoisotopic (exact) mass is 261 g/mol. The zero-order valence-electron chi connectivity index (χ0n) is 11.1. The van der Waals surface area contributed by atoms with Crippen molar-refractivity contribution in [2.24, 2.45) is 0 Å². The van der Waals surface area contributed by atoms with Crippen LogP contribution in [0.2, 0.25) is 0 Å². The van der Waals surface area contributed by atoms with E-state index in [-0.39, 0.29) is 11.8 Å². The summed E-state index contributed by atoms with van der Waals surface area (Å²) in [6.45, 7) is 0.716. The molecule has 1 aromatic rings. The number of benzene rings is 1. The standard InChI is InChI=1S/C15H19NO3/c1-18-13-6-5-10(11-8-15(17)16-9-11)7-14(13)19-12-3-2-4-12/h5-7,11-12H,2-4,8-9H2,1H3,(H,16,17). The Morgan fingerprint density at radius 3 is 2.68 bits per heavy atom. The maximum absolute atomic E-state index is 11.3. The quantitative estimate of drug-likeness (QED) is 0.904. The second-order valence-electron chi connectivity index (χ2n) is 5.29. The molecule has 1 aliphatic carbocycles. The lowest BCUT2D eigenvalue weighted by molar-refractivity contribution is -0.119. The Hall–Kier alpha value is -1.71. The van der Waals surface area contributed by atoms with Gasteiger partial charge in [-0.05, 0) is 37.0 Å². The Labute approximate surface area is 113 Å². The lowest BCUT2D eigenvalue weighted by Crippen LogP contribution is -2.24. The molecule has 1 saturated carbocycles. The van der Waals surface area contributed by atoms with Crippen molar-refractivity contribution in [3.63, 3.8) is 0 Å². The number of carbonyl (C=O) groups is 1. The predicted molar refractivity (Wildman–Crippen MR) is 71.6 cm³/mol. The van der Waals surface area contributed by atoms with E-state index in [0.717, 1.165) is 29.9 Å². The molecule has 4 heteroatoms. The van der Waals surface area contributed by atoms with E-state index in [1.807, 2.05) is 18.2 Å². The van der Waals surface area contributed by atoms with Gasteiger partial charge in [0.1, 0.15) is 0 Å². The molecule has 0 bridgehead atoms. The van der Waals surface area contributed by atoms with E-state index in [1.165, 1.54) is 6.42 Å². The lowest BCUT2D eigenvalue weighted by atomic mass is 9.95. The van der Waals surface area contributed by atoms with E-state index in [9.17, 15) is 4.79 Å². The maximum Gasteiger partial charge on any atom is 0.220 e.